The van der Waals surface area contributed by atoms with E-state index >= 15 is 0 Å². The lowest BCUT2D eigenvalue weighted by Gasteiger charge is -2.32. The van der Waals surface area contributed by atoms with Gasteiger partial charge in [-0.05, 0) is 70.0 Å². The van der Waals surface area contributed by atoms with Gasteiger partial charge in [0.1, 0.15) is 11.6 Å². The summed E-state index contributed by atoms with van der Waals surface area (Å²) in [6.07, 6.45) is 1.48. The number of amides is 2. The third-order valence-electron chi connectivity index (χ3n) is 5.70. The van der Waals surface area contributed by atoms with E-state index in [1.807, 2.05) is 39.0 Å². The van der Waals surface area contributed by atoms with Gasteiger partial charge in [-0.3, -0.25) is 9.59 Å². The Labute approximate surface area is 187 Å². The number of nitrogens with one attached hydrogen (secondary N) is 1. The van der Waals surface area contributed by atoms with Crippen LogP contribution in [0.25, 0.3) is 5.69 Å². The molecule has 0 radical (unpaired) electrons. The summed E-state index contributed by atoms with van der Waals surface area (Å²) in [5.41, 5.74) is 4.15. The van der Waals surface area contributed by atoms with Crippen LogP contribution in [0.2, 0.25) is 0 Å². The molecule has 0 bridgehead atoms. The molecule has 2 heterocycles. The van der Waals surface area contributed by atoms with E-state index in [1.54, 1.807) is 27.8 Å². The number of aromatic nitrogens is 2. The molecule has 1 N–H and O–H groups in total. The maximum absolute atomic E-state index is 13.3. The van der Waals surface area contributed by atoms with E-state index in [1.165, 1.54) is 12.1 Å². The second-order valence-electron chi connectivity index (χ2n) is 8.52. The molecule has 1 aliphatic heterocycles. The van der Waals surface area contributed by atoms with Crippen LogP contribution in [-0.2, 0) is 4.79 Å². The van der Waals surface area contributed by atoms with Gasteiger partial charge in [0.25, 0.3) is 5.91 Å². The number of likely N-dealkylation sites (tertiary alicyclic amines) is 1. The molecule has 1 saturated heterocycles. The third kappa shape index (κ3) is 4.72. The number of hydrogen-bond acceptors (Lipinski definition) is 3. The average Bonchev–Trinajstić information content (AvgIpc) is 3.13. The summed E-state index contributed by atoms with van der Waals surface area (Å²) in [7, 11) is 0. The zero-order valence-corrected chi connectivity index (χ0v) is 18.6. The van der Waals surface area contributed by atoms with E-state index in [9.17, 15) is 14.0 Å². The minimum Gasteiger partial charge on any atom is -0.338 e. The molecule has 0 saturated carbocycles. The molecule has 2 amide bonds. The van der Waals surface area contributed by atoms with Gasteiger partial charge in [0.15, 0.2) is 0 Å². The first-order valence-electron chi connectivity index (χ1n) is 10.8. The molecule has 1 aromatic heterocycles. The number of benzene rings is 2. The smallest absolute Gasteiger partial charge is 0.253 e. The fraction of sp³-hybridized carbons (Fsp3) is 0.320. The predicted octanol–water partition coefficient (Wildman–Crippen LogP) is 4.43. The van der Waals surface area contributed by atoms with Crippen molar-refractivity contribution in [3.05, 3.63) is 76.7 Å². The van der Waals surface area contributed by atoms with Gasteiger partial charge in [-0.2, -0.15) is 5.10 Å². The Morgan fingerprint density at radius 3 is 2.41 bits per heavy atom. The number of hydrogen-bond donors (Lipinski definition) is 1. The van der Waals surface area contributed by atoms with Crippen LogP contribution in [0.4, 0.5) is 10.2 Å². The molecule has 1 aliphatic rings. The number of aryl methyl sites for hydroxylation is 3. The number of piperidine rings is 1. The van der Waals surface area contributed by atoms with E-state index in [2.05, 4.69) is 10.4 Å². The van der Waals surface area contributed by atoms with Crippen LogP contribution in [0.5, 0.6) is 0 Å². The van der Waals surface area contributed by atoms with Gasteiger partial charge in [-0.1, -0.05) is 17.2 Å². The lowest BCUT2D eigenvalue weighted by molar-refractivity contribution is -0.121. The van der Waals surface area contributed by atoms with Crippen molar-refractivity contribution in [2.45, 2.75) is 33.6 Å². The zero-order valence-electron chi connectivity index (χ0n) is 18.6. The van der Waals surface area contributed by atoms with E-state index in [0.717, 1.165) is 23.2 Å². The summed E-state index contributed by atoms with van der Waals surface area (Å²) in [5.74, 6) is -0.306. The number of anilines is 1. The van der Waals surface area contributed by atoms with Gasteiger partial charge in [0, 0.05) is 24.7 Å². The Kier molecular flexibility index (Phi) is 6.08. The third-order valence-corrected chi connectivity index (χ3v) is 5.70. The Morgan fingerprint density at radius 1 is 1.03 bits per heavy atom. The summed E-state index contributed by atoms with van der Waals surface area (Å²) in [6.45, 7) is 6.80. The van der Waals surface area contributed by atoms with Crippen molar-refractivity contribution in [2.75, 3.05) is 18.4 Å². The van der Waals surface area contributed by atoms with Gasteiger partial charge < -0.3 is 10.2 Å². The molecule has 0 aliphatic carbocycles. The molecule has 32 heavy (non-hydrogen) atoms. The van der Waals surface area contributed by atoms with Gasteiger partial charge in [0.2, 0.25) is 5.91 Å². The normalized spacial score (nSPS) is 16.1. The largest absolute Gasteiger partial charge is 0.338 e. The van der Waals surface area contributed by atoms with Gasteiger partial charge in [-0.15, -0.1) is 0 Å². The van der Waals surface area contributed by atoms with Crippen LogP contribution in [0, 0.1) is 32.5 Å². The lowest BCUT2D eigenvalue weighted by Crippen LogP contribution is -2.44. The van der Waals surface area contributed by atoms with Gasteiger partial charge in [0.05, 0.1) is 17.3 Å². The number of rotatable bonds is 4. The SMILES string of the molecule is Cc1cc(C)cc(C(=O)N2CCCC(C(=O)Nc3cc(C)nn3-c3ccc(F)cc3)C2)c1. The average molecular weight is 435 g/mol. The molecule has 4 rings (SSSR count). The van der Waals surface area contributed by atoms with Crippen molar-refractivity contribution in [1.29, 1.82) is 0 Å². The first-order chi connectivity index (χ1) is 15.3. The summed E-state index contributed by atoms with van der Waals surface area (Å²) in [4.78, 5) is 27.9. The first kappa shape index (κ1) is 21.7. The number of halogens is 1. The highest BCUT2D eigenvalue weighted by Crippen LogP contribution is 2.23. The highest BCUT2D eigenvalue weighted by molar-refractivity contribution is 5.96. The van der Waals surface area contributed by atoms with Crippen molar-refractivity contribution in [1.82, 2.24) is 14.7 Å². The van der Waals surface area contributed by atoms with E-state index in [0.29, 0.717) is 36.6 Å². The fourth-order valence-corrected chi connectivity index (χ4v) is 4.25. The van der Waals surface area contributed by atoms with Crippen molar-refractivity contribution >= 4 is 17.6 Å². The van der Waals surface area contributed by atoms with Crippen LogP contribution in [0.3, 0.4) is 0 Å². The standard InChI is InChI=1S/C25H27FN4O2/c1-16-11-17(2)13-20(12-16)25(32)29-10-4-5-19(15-29)24(31)27-23-14-18(3)28-30(23)22-8-6-21(26)7-9-22/h6-9,11-14,19H,4-5,10,15H2,1-3H3,(H,27,31). The quantitative estimate of drug-likeness (QED) is 0.661. The van der Waals surface area contributed by atoms with Crippen LogP contribution in [-0.4, -0.2) is 39.6 Å². The minimum atomic E-state index is -0.334. The van der Waals surface area contributed by atoms with Crippen LogP contribution >= 0.6 is 0 Å². The summed E-state index contributed by atoms with van der Waals surface area (Å²) in [6, 6.07) is 13.5. The number of carbonyl (C=O) groups is 2. The molecule has 6 nitrogen and oxygen atoms in total. The Morgan fingerprint density at radius 2 is 1.72 bits per heavy atom. The molecule has 1 unspecified atom stereocenters. The van der Waals surface area contributed by atoms with Crippen molar-refractivity contribution in [2.24, 2.45) is 5.92 Å². The molecule has 0 spiro atoms. The predicted molar refractivity (Wildman–Crippen MR) is 121 cm³/mol. The molecule has 7 heteroatoms. The Hall–Kier alpha value is -3.48. The van der Waals surface area contributed by atoms with Crippen LogP contribution < -0.4 is 5.32 Å². The van der Waals surface area contributed by atoms with Crippen molar-refractivity contribution in [3.8, 4) is 5.69 Å². The fourth-order valence-electron chi connectivity index (χ4n) is 4.25. The van der Waals surface area contributed by atoms with E-state index in [4.69, 9.17) is 0 Å². The molecule has 3 aromatic rings. The van der Waals surface area contributed by atoms with Crippen LogP contribution in [0.1, 0.15) is 40.0 Å². The second kappa shape index (κ2) is 8.94. The summed E-state index contributed by atoms with van der Waals surface area (Å²) < 4.78 is 14.9. The lowest BCUT2D eigenvalue weighted by atomic mass is 9.96. The molecular weight excluding hydrogens is 407 g/mol. The monoisotopic (exact) mass is 434 g/mol. The van der Waals surface area contributed by atoms with Crippen LogP contribution in [0.15, 0.2) is 48.5 Å². The zero-order chi connectivity index (χ0) is 22.8. The molecular formula is C25H27FN4O2. The molecule has 1 atom stereocenters. The van der Waals surface area contributed by atoms with Crippen molar-refractivity contribution in [3.63, 3.8) is 0 Å². The molecule has 2 aromatic carbocycles. The second-order valence-corrected chi connectivity index (χ2v) is 8.52. The molecule has 1 fully saturated rings. The highest BCUT2D eigenvalue weighted by Gasteiger charge is 2.29. The maximum atomic E-state index is 13.3. The highest BCUT2D eigenvalue weighted by atomic mass is 19.1. The van der Waals surface area contributed by atoms with E-state index < -0.39 is 0 Å². The number of nitrogens with zero attached hydrogens (tertiary/aromatic N) is 3. The summed E-state index contributed by atoms with van der Waals surface area (Å²) >= 11 is 0. The van der Waals surface area contributed by atoms with Gasteiger partial charge in [-0.25, -0.2) is 9.07 Å². The summed E-state index contributed by atoms with van der Waals surface area (Å²) in [5, 5.41) is 7.38. The Balaban J connectivity index is 1.48. The van der Waals surface area contributed by atoms with Crippen molar-refractivity contribution < 1.29 is 14.0 Å². The molecule has 166 valence electrons. The minimum absolute atomic E-state index is 0.0403. The number of carbonyl (C=O) groups excluding carboxylic acids is 2. The topological polar surface area (TPSA) is 67.2 Å². The first-order valence-corrected chi connectivity index (χ1v) is 10.8. The van der Waals surface area contributed by atoms with Gasteiger partial charge >= 0.3 is 0 Å². The maximum Gasteiger partial charge on any atom is 0.253 e. The Bertz CT molecular complexity index is 1130. The van der Waals surface area contributed by atoms with E-state index in [-0.39, 0.29) is 23.5 Å².